The molecule has 3 rings (SSSR count). The Hall–Kier alpha value is -3.29. The fraction of sp³-hybridized carbons (Fsp3) is 0.158. The molecule has 8 heteroatoms. The van der Waals surface area contributed by atoms with Gasteiger partial charge in [0, 0.05) is 24.2 Å². The van der Waals surface area contributed by atoms with Crippen LogP contribution in [0.4, 0.5) is 13.2 Å². The van der Waals surface area contributed by atoms with E-state index >= 15 is 0 Å². The van der Waals surface area contributed by atoms with Gasteiger partial charge in [-0.1, -0.05) is 6.07 Å². The molecule has 0 aliphatic rings. The Balaban J connectivity index is 1.81. The third-order valence-electron chi connectivity index (χ3n) is 3.56. The monoisotopic (exact) mass is 373 g/mol. The van der Waals surface area contributed by atoms with E-state index in [1.54, 1.807) is 0 Å². The third-order valence-corrected chi connectivity index (χ3v) is 3.56. The summed E-state index contributed by atoms with van der Waals surface area (Å²) in [6.45, 7) is 0.727. The van der Waals surface area contributed by atoms with Gasteiger partial charge in [-0.25, -0.2) is 14.4 Å². The molecule has 0 saturated carbocycles. The number of aromatic nitrogens is 3. The zero-order chi connectivity index (χ0) is 19.4. The second kappa shape index (κ2) is 7.53. The molecule has 0 unspecified atom stereocenters. The zero-order valence-corrected chi connectivity index (χ0v) is 14.2. The number of carbonyl (C=O) groups is 1. The van der Waals surface area contributed by atoms with Crippen LogP contribution in [0.2, 0.25) is 0 Å². The fourth-order valence-electron chi connectivity index (χ4n) is 2.35. The van der Waals surface area contributed by atoms with Gasteiger partial charge in [0.05, 0.1) is 18.8 Å². The Morgan fingerprint density at radius 2 is 1.85 bits per heavy atom. The summed E-state index contributed by atoms with van der Waals surface area (Å²) in [4.78, 5) is 23.8. The van der Waals surface area contributed by atoms with Crippen LogP contribution in [-0.2, 0) is 12.3 Å². The number of hydrogen-bond donors (Lipinski definition) is 0. The van der Waals surface area contributed by atoms with Gasteiger partial charge in [-0.05, 0) is 24.3 Å². The predicted octanol–water partition coefficient (Wildman–Crippen LogP) is 4.34. The van der Waals surface area contributed by atoms with E-state index in [2.05, 4.69) is 15.0 Å². The van der Waals surface area contributed by atoms with Gasteiger partial charge in [0.15, 0.2) is 11.5 Å². The lowest BCUT2D eigenvalue weighted by atomic mass is 10.1. The molecule has 0 saturated heterocycles. The highest BCUT2D eigenvalue weighted by atomic mass is 19.3. The minimum atomic E-state index is -3.11. The summed E-state index contributed by atoms with van der Waals surface area (Å²) in [5.41, 5.74) is -0.223. The number of pyridine rings is 1. The maximum atomic E-state index is 13.9. The highest BCUT2D eigenvalue weighted by Gasteiger charge is 2.26. The topological polar surface area (TPSA) is 65.0 Å². The number of ketones is 1. The van der Waals surface area contributed by atoms with Gasteiger partial charge < -0.3 is 4.74 Å². The molecular weight excluding hydrogens is 359 g/mol. The molecule has 0 spiro atoms. The second-order valence-corrected chi connectivity index (χ2v) is 5.85. The normalized spacial score (nSPS) is 11.3. The molecule has 2 heterocycles. The number of rotatable bonds is 6. The van der Waals surface area contributed by atoms with Crippen LogP contribution in [0.5, 0.6) is 11.5 Å². The predicted molar refractivity (Wildman–Crippen MR) is 90.3 cm³/mol. The van der Waals surface area contributed by atoms with E-state index in [1.165, 1.54) is 43.0 Å². The first kappa shape index (κ1) is 18.5. The maximum Gasteiger partial charge on any atom is 0.286 e. The van der Waals surface area contributed by atoms with Crippen LogP contribution in [0.15, 0.2) is 55.1 Å². The summed E-state index contributed by atoms with van der Waals surface area (Å²) < 4.78 is 46.1. The average molecular weight is 373 g/mol. The van der Waals surface area contributed by atoms with Gasteiger partial charge in [0.1, 0.15) is 23.6 Å². The molecule has 0 radical (unpaired) electrons. The van der Waals surface area contributed by atoms with Gasteiger partial charge in [0.25, 0.3) is 5.92 Å². The number of Topliss-reactive ketones (excluding diaryl/α,β-unsaturated/α-hetero) is 1. The summed E-state index contributed by atoms with van der Waals surface area (Å²) in [5.74, 6) is -3.89. The first-order valence-electron chi connectivity index (χ1n) is 7.92. The molecule has 0 aliphatic heterocycles. The number of halogens is 3. The summed E-state index contributed by atoms with van der Waals surface area (Å²) in [7, 11) is 0. The van der Waals surface area contributed by atoms with Crippen molar-refractivity contribution in [3.8, 4) is 11.5 Å². The van der Waals surface area contributed by atoms with Gasteiger partial charge in [-0.3, -0.25) is 9.78 Å². The quantitative estimate of drug-likeness (QED) is 0.602. The van der Waals surface area contributed by atoms with E-state index in [0.29, 0.717) is 0 Å². The van der Waals surface area contributed by atoms with Crippen molar-refractivity contribution in [1.82, 2.24) is 15.0 Å². The molecule has 0 bridgehead atoms. The van der Waals surface area contributed by atoms with Crippen LogP contribution in [0.1, 0.15) is 28.7 Å². The maximum absolute atomic E-state index is 13.9. The first-order chi connectivity index (χ1) is 12.8. The second-order valence-electron chi connectivity index (χ2n) is 5.85. The van der Waals surface area contributed by atoms with Gasteiger partial charge in [-0.15, -0.1) is 0 Å². The Morgan fingerprint density at radius 3 is 2.56 bits per heavy atom. The Morgan fingerprint density at radius 1 is 1.11 bits per heavy atom. The molecule has 138 valence electrons. The van der Waals surface area contributed by atoms with Crippen molar-refractivity contribution in [2.24, 2.45) is 0 Å². The van der Waals surface area contributed by atoms with E-state index in [9.17, 15) is 18.0 Å². The molecule has 1 aromatic carbocycles. The highest BCUT2D eigenvalue weighted by Crippen LogP contribution is 2.26. The average Bonchev–Trinajstić information content (AvgIpc) is 2.61. The lowest BCUT2D eigenvalue weighted by Crippen LogP contribution is -2.12. The van der Waals surface area contributed by atoms with Gasteiger partial charge in [0.2, 0.25) is 0 Å². The van der Waals surface area contributed by atoms with Crippen molar-refractivity contribution in [1.29, 1.82) is 0 Å². The minimum absolute atomic E-state index is 0.0392. The van der Waals surface area contributed by atoms with Crippen molar-refractivity contribution >= 4 is 5.78 Å². The lowest BCUT2D eigenvalue weighted by Gasteiger charge is -2.11. The smallest absolute Gasteiger partial charge is 0.286 e. The van der Waals surface area contributed by atoms with E-state index in [0.717, 1.165) is 19.1 Å². The minimum Gasteiger partial charge on any atom is -0.454 e. The van der Waals surface area contributed by atoms with E-state index < -0.39 is 23.2 Å². The van der Waals surface area contributed by atoms with E-state index in [4.69, 9.17) is 4.74 Å². The molecule has 27 heavy (non-hydrogen) atoms. The molecule has 3 aromatic rings. The molecule has 0 aliphatic carbocycles. The third kappa shape index (κ3) is 4.87. The van der Waals surface area contributed by atoms with Crippen LogP contribution >= 0.6 is 0 Å². The number of ether oxygens (including phenoxy) is 1. The van der Waals surface area contributed by atoms with Crippen LogP contribution in [0.25, 0.3) is 0 Å². The fourth-order valence-corrected chi connectivity index (χ4v) is 2.35. The highest BCUT2D eigenvalue weighted by molar-refractivity contribution is 5.97. The summed E-state index contributed by atoms with van der Waals surface area (Å²) in [5, 5.41) is 0. The van der Waals surface area contributed by atoms with E-state index in [1.807, 2.05) is 0 Å². The standard InChI is InChI=1S/C19H14F3N3O2/c1-19(21,22)18-4-2-3-14(25-18)8-17(26)12-5-13(20)7-15(6-12)27-16-9-23-11-24-10-16/h2-7,9-11H,8H2,1H3. The largest absolute Gasteiger partial charge is 0.454 e. The molecule has 0 amide bonds. The van der Waals surface area contributed by atoms with Crippen LogP contribution in [0, 0.1) is 5.82 Å². The number of carbonyl (C=O) groups excluding carboxylic acids is 1. The van der Waals surface area contributed by atoms with Crippen molar-refractivity contribution in [2.45, 2.75) is 19.3 Å². The number of benzene rings is 1. The summed E-state index contributed by atoms with van der Waals surface area (Å²) in [6, 6.07) is 7.57. The van der Waals surface area contributed by atoms with Crippen molar-refractivity contribution < 1.29 is 22.7 Å². The van der Waals surface area contributed by atoms with Crippen molar-refractivity contribution in [3.63, 3.8) is 0 Å². The van der Waals surface area contributed by atoms with Crippen molar-refractivity contribution in [2.75, 3.05) is 0 Å². The Kier molecular flexibility index (Phi) is 5.16. The van der Waals surface area contributed by atoms with Gasteiger partial charge >= 0.3 is 0 Å². The number of alkyl halides is 2. The van der Waals surface area contributed by atoms with E-state index in [-0.39, 0.29) is 29.2 Å². The number of nitrogens with zero attached hydrogens (tertiary/aromatic N) is 3. The molecule has 0 fully saturated rings. The Bertz CT molecular complexity index is 960. The van der Waals surface area contributed by atoms with Crippen LogP contribution < -0.4 is 4.74 Å². The summed E-state index contributed by atoms with van der Waals surface area (Å²) >= 11 is 0. The first-order valence-corrected chi connectivity index (χ1v) is 7.92. The van der Waals surface area contributed by atoms with Crippen LogP contribution in [0.3, 0.4) is 0 Å². The Labute approximate surface area is 152 Å². The number of hydrogen-bond acceptors (Lipinski definition) is 5. The van der Waals surface area contributed by atoms with Crippen LogP contribution in [-0.4, -0.2) is 20.7 Å². The molecule has 0 N–H and O–H groups in total. The molecular formula is C19H14F3N3O2. The van der Waals surface area contributed by atoms with Crippen molar-refractivity contribution in [3.05, 3.63) is 77.9 Å². The van der Waals surface area contributed by atoms with Gasteiger partial charge in [-0.2, -0.15) is 8.78 Å². The SMILES string of the molecule is CC(F)(F)c1cccc(CC(=O)c2cc(F)cc(Oc3cncnc3)c2)n1. The molecule has 2 aromatic heterocycles. The summed E-state index contributed by atoms with van der Waals surface area (Å²) in [6.07, 6.45) is 3.84. The zero-order valence-electron chi connectivity index (χ0n) is 14.2. The molecule has 0 atom stereocenters. The molecule has 5 nitrogen and oxygen atoms in total. The lowest BCUT2D eigenvalue weighted by molar-refractivity contribution is 0.0125.